The number of sulfonamides is 1. The lowest BCUT2D eigenvalue weighted by Gasteiger charge is -2.34. The third kappa shape index (κ3) is 2.68. The van der Waals surface area contributed by atoms with Crippen LogP contribution in [0.2, 0.25) is 0 Å². The fourth-order valence-electron chi connectivity index (χ4n) is 1.91. The van der Waals surface area contributed by atoms with Crippen molar-refractivity contribution in [1.82, 2.24) is 4.72 Å². The van der Waals surface area contributed by atoms with Crippen molar-refractivity contribution >= 4 is 15.9 Å². The van der Waals surface area contributed by atoms with Gasteiger partial charge in [-0.2, -0.15) is 4.72 Å². The molecule has 0 bridgehead atoms. The number of nitrogens with one attached hydrogen (secondary N) is 1. The van der Waals surface area contributed by atoms with E-state index in [2.05, 4.69) is 4.72 Å². The molecule has 0 aromatic carbocycles. The first-order chi connectivity index (χ1) is 6.36. The summed E-state index contributed by atoms with van der Waals surface area (Å²) < 4.78 is 24.5. The van der Waals surface area contributed by atoms with Gasteiger partial charge in [-0.1, -0.05) is 19.3 Å². The van der Waals surface area contributed by atoms with Gasteiger partial charge in [0.1, 0.15) is 5.54 Å². The first kappa shape index (κ1) is 11.5. The second-order valence-corrected chi connectivity index (χ2v) is 5.63. The summed E-state index contributed by atoms with van der Waals surface area (Å²) >= 11 is 0. The first-order valence-corrected chi connectivity index (χ1v) is 6.54. The topological polar surface area (TPSA) is 89.3 Å². The van der Waals surface area contributed by atoms with Gasteiger partial charge in [0.05, 0.1) is 6.26 Å². The molecule has 0 saturated heterocycles. The molecular formula is C8H16N2O3S. The standard InChI is InChI=1S/C8H16N2O3S/c1-14(12,13)10-8(7(9)11)5-3-2-4-6-8/h10H,2-6H2,1H3,(H2,9,11). The van der Waals surface area contributed by atoms with Crippen molar-refractivity contribution in [2.75, 3.05) is 6.26 Å². The van der Waals surface area contributed by atoms with E-state index < -0.39 is 21.5 Å². The Labute approximate surface area is 84.1 Å². The molecule has 1 rings (SSSR count). The van der Waals surface area contributed by atoms with Crippen LogP contribution in [0, 0.1) is 0 Å². The number of hydrogen-bond donors (Lipinski definition) is 2. The van der Waals surface area contributed by atoms with Crippen LogP contribution in [0.1, 0.15) is 32.1 Å². The lowest BCUT2D eigenvalue weighted by atomic mass is 9.82. The number of amides is 1. The second-order valence-electron chi connectivity index (χ2n) is 3.88. The molecule has 6 heteroatoms. The highest BCUT2D eigenvalue weighted by Gasteiger charge is 2.40. The average molecular weight is 220 g/mol. The molecule has 0 aromatic rings. The molecule has 1 aliphatic carbocycles. The number of rotatable bonds is 3. The number of carbonyl (C=O) groups is 1. The SMILES string of the molecule is CS(=O)(=O)NC1(C(N)=O)CCCCC1. The molecule has 1 amide bonds. The van der Waals surface area contributed by atoms with E-state index in [1.54, 1.807) is 0 Å². The molecule has 14 heavy (non-hydrogen) atoms. The van der Waals surface area contributed by atoms with Crippen molar-refractivity contribution in [2.24, 2.45) is 5.73 Å². The van der Waals surface area contributed by atoms with Gasteiger partial charge < -0.3 is 5.73 Å². The Balaban J connectivity index is 2.87. The Hall–Kier alpha value is -0.620. The van der Waals surface area contributed by atoms with Gasteiger partial charge in [-0.25, -0.2) is 8.42 Å². The van der Waals surface area contributed by atoms with Crippen LogP contribution in [0.15, 0.2) is 0 Å². The third-order valence-electron chi connectivity index (χ3n) is 2.56. The van der Waals surface area contributed by atoms with Gasteiger partial charge >= 0.3 is 0 Å². The van der Waals surface area contributed by atoms with Crippen molar-refractivity contribution in [3.63, 3.8) is 0 Å². The predicted octanol–water partition coefficient (Wildman–Crippen LogP) is -0.276. The summed E-state index contributed by atoms with van der Waals surface area (Å²) in [6.07, 6.45) is 4.77. The van der Waals surface area contributed by atoms with E-state index >= 15 is 0 Å². The molecule has 0 heterocycles. The van der Waals surface area contributed by atoms with Crippen molar-refractivity contribution in [1.29, 1.82) is 0 Å². The molecule has 1 fully saturated rings. The Kier molecular flexibility index (Phi) is 3.16. The van der Waals surface area contributed by atoms with Gasteiger partial charge in [0, 0.05) is 0 Å². The van der Waals surface area contributed by atoms with Crippen LogP contribution in [0.3, 0.4) is 0 Å². The average Bonchev–Trinajstić information content (AvgIpc) is 2.02. The first-order valence-electron chi connectivity index (χ1n) is 4.65. The van der Waals surface area contributed by atoms with Crippen LogP contribution >= 0.6 is 0 Å². The maximum atomic E-state index is 11.2. The van der Waals surface area contributed by atoms with Crippen LogP contribution in [0.4, 0.5) is 0 Å². The van der Waals surface area contributed by atoms with Crippen LogP contribution in [0.5, 0.6) is 0 Å². The molecule has 5 nitrogen and oxygen atoms in total. The van der Waals surface area contributed by atoms with Gasteiger partial charge in [0.2, 0.25) is 15.9 Å². The number of hydrogen-bond acceptors (Lipinski definition) is 3. The monoisotopic (exact) mass is 220 g/mol. The summed E-state index contributed by atoms with van der Waals surface area (Å²) in [5, 5.41) is 0. The Morgan fingerprint density at radius 3 is 2.14 bits per heavy atom. The largest absolute Gasteiger partial charge is 0.368 e. The molecule has 0 radical (unpaired) electrons. The van der Waals surface area contributed by atoms with Crippen LogP contribution in [-0.4, -0.2) is 26.1 Å². The fraction of sp³-hybridized carbons (Fsp3) is 0.875. The van der Waals surface area contributed by atoms with Crippen molar-refractivity contribution in [3.8, 4) is 0 Å². The van der Waals surface area contributed by atoms with E-state index in [4.69, 9.17) is 5.73 Å². The summed E-state index contributed by atoms with van der Waals surface area (Å²) in [5.74, 6) is -0.567. The Morgan fingerprint density at radius 2 is 1.79 bits per heavy atom. The lowest BCUT2D eigenvalue weighted by molar-refractivity contribution is -0.124. The number of carbonyl (C=O) groups excluding carboxylic acids is 1. The normalized spacial score (nSPS) is 21.8. The van der Waals surface area contributed by atoms with Gasteiger partial charge in [-0.3, -0.25) is 4.79 Å². The van der Waals surface area contributed by atoms with Crippen molar-refractivity contribution in [3.05, 3.63) is 0 Å². The molecule has 82 valence electrons. The smallest absolute Gasteiger partial charge is 0.238 e. The van der Waals surface area contributed by atoms with Crippen LogP contribution in [0.25, 0.3) is 0 Å². The second kappa shape index (κ2) is 3.86. The van der Waals surface area contributed by atoms with Gasteiger partial charge in [0.15, 0.2) is 0 Å². The zero-order chi connectivity index (χ0) is 10.8. The maximum absolute atomic E-state index is 11.2. The molecule has 0 unspecified atom stereocenters. The third-order valence-corrected chi connectivity index (χ3v) is 3.32. The van der Waals surface area contributed by atoms with Crippen LogP contribution in [-0.2, 0) is 14.8 Å². The molecule has 0 atom stereocenters. The van der Waals surface area contributed by atoms with Gasteiger partial charge in [0.25, 0.3) is 0 Å². The maximum Gasteiger partial charge on any atom is 0.238 e. The number of nitrogens with two attached hydrogens (primary N) is 1. The lowest BCUT2D eigenvalue weighted by Crippen LogP contribution is -2.58. The summed E-state index contributed by atoms with van der Waals surface area (Å²) in [6, 6.07) is 0. The van der Waals surface area contributed by atoms with E-state index in [0.717, 1.165) is 25.5 Å². The minimum Gasteiger partial charge on any atom is -0.368 e. The van der Waals surface area contributed by atoms with E-state index in [-0.39, 0.29) is 0 Å². The van der Waals surface area contributed by atoms with E-state index in [0.29, 0.717) is 12.8 Å². The quantitative estimate of drug-likeness (QED) is 0.685. The molecule has 3 N–H and O–H groups in total. The summed E-state index contributed by atoms with van der Waals surface area (Å²) in [5.41, 5.74) is 4.21. The molecule has 0 aromatic heterocycles. The van der Waals surface area contributed by atoms with E-state index in [1.165, 1.54) is 0 Å². The fourth-order valence-corrected chi connectivity index (χ4v) is 2.92. The zero-order valence-electron chi connectivity index (χ0n) is 8.25. The summed E-state index contributed by atoms with van der Waals surface area (Å²) in [4.78, 5) is 11.2. The predicted molar refractivity (Wildman–Crippen MR) is 53.0 cm³/mol. The van der Waals surface area contributed by atoms with E-state index in [9.17, 15) is 13.2 Å². The Bertz CT molecular complexity index is 317. The van der Waals surface area contributed by atoms with Gasteiger partial charge in [-0.05, 0) is 12.8 Å². The highest BCUT2D eigenvalue weighted by molar-refractivity contribution is 7.88. The number of primary amides is 1. The summed E-state index contributed by atoms with van der Waals surface area (Å²) in [7, 11) is -3.38. The van der Waals surface area contributed by atoms with Crippen LogP contribution < -0.4 is 10.5 Å². The zero-order valence-corrected chi connectivity index (χ0v) is 9.06. The van der Waals surface area contributed by atoms with Crippen molar-refractivity contribution < 1.29 is 13.2 Å². The van der Waals surface area contributed by atoms with Crippen molar-refractivity contribution in [2.45, 2.75) is 37.6 Å². The highest BCUT2D eigenvalue weighted by atomic mass is 32.2. The summed E-state index contributed by atoms with van der Waals surface area (Å²) in [6.45, 7) is 0. The van der Waals surface area contributed by atoms with E-state index in [1.807, 2.05) is 0 Å². The van der Waals surface area contributed by atoms with Gasteiger partial charge in [-0.15, -0.1) is 0 Å². The molecule has 1 saturated carbocycles. The molecule has 0 spiro atoms. The minimum atomic E-state index is -3.38. The molecule has 0 aliphatic heterocycles. The molecular weight excluding hydrogens is 204 g/mol. The minimum absolute atomic E-state index is 0.509. The molecule has 1 aliphatic rings. The Morgan fingerprint density at radius 1 is 1.29 bits per heavy atom. The highest BCUT2D eigenvalue weighted by Crippen LogP contribution is 2.28.